The molecule has 21 heavy (non-hydrogen) atoms. The van der Waals surface area contributed by atoms with Gasteiger partial charge in [0.15, 0.2) is 5.69 Å². The van der Waals surface area contributed by atoms with Crippen molar-refractivity contribution in [2.75, 3.05) is 13.1 Å². The molecule has 2 aromatic rings. The van der Waals surface area contributed by atoms with E-state index in [4.69, 9.17) is 5.73 Å². The van der Waals surface area contributed by atoms with Gasteiger partial charge < -0.3 is 11.1 Å². The molecule has 0 aliphatic heterocycles. The molecule has 0 saturated heterocycles. The number of carbonyl (C=O) groups excluding carboxylic acids is 1. The lowest BCUT2D eigenvalue weighted by molar-refractivity contribution is 0.0941. The first-order chi connectivity index (χ1) is 10.2. The van der Waals surface area contributed by atoms with Crippen LogP contribution in [0, 0.1) is 5.92 Å². The summed E-state index contributed by atoms with van der Waals surface area (Å²) in [6.45, 7) is 3.47. The first kappa shape index (κ1) is 15.5. The van der Waals surface area contributed by atoms with Gasteiger partial charge in [-0.2, -0.15) is 5.10 Å². The van der Waals surface area contributed by atoms with Gasteiger partial charge in [-0.3, -0.25) is 9.48 Å². The number of fused-ring (bicyclic) bond motifs is 1. The molecule has 1 aromatic carbocycles. The molecule has 5 nitrogen and oxygen atoms in total. The van der Waals surface area contributed by atoms with Gasteiger partial charge in [0.25, 0.3) is 5.91 Å². The number of para-hydroxylation sites is 1. The van der Waals surface area contributed by atoms with Crippen LogP contribution in [0.1, 0.15) is 36.7 Å². The van der Waals surface area contributed by atoms with Gasteiger partial charge in [0, 0.05) is 19.0 Å². The minimum Gasteiger partial charge on any atom is -0.350 e. The number of benzene rings is 1. The van der Waals surface area contributed by atoms with E-state index in [0.717, 1.165) is 30.2 Å². The molecular formula is C16H24N4O. The molecule has 114 valence electrons. The molecule has 3 N–H and O–H groups in total. The Labute approximate surface area is 125 Å². The van der Waals surface area contributed by atoms with Crippen molar-refractivity contribution in [3.8, 4) is 0 Å². The zero-order valence-corrected chi connectivity index (χ0v) is 12.8. The Kier molecular flexibility index (Phi) is 5.33. The molecule has 1 unspecified atom stereocenters. The van der Waals surface area contributed by atoms with Crippen LogP contribution in [0.3, 0.4) is 0 Å². The van der Waals surface area contributed by atoms with Crippen LogP contribution in [0.25, 0.3) is 10.9 Å². The number of aryl methyl sites for hydroxylation is 1. The largest absolute Gasteiger partial charge is 0.350 e. The maximum Gasteiger partial charge on any atom is 0.272 e. The monoisotopic (exact) mass is 288 g/mol. The second-order valence-corrected chi connectivity index (χ2v) is 5.43. The summed E-state index contributed by atoms with van der Waals surface area (Å²) in [5, 5.41) is 8.24. The number of carbonyl (C=O) groups is 1. The van der Waals surface area contributed by atoms with E-state index in [-0.39, 0.29) is 5.91 Å². The summed E-state index contributed by atoms with van der Waals surface area (Å²) >= 11 is 0. The third-order valence-corrected chi connectivity index (χ3v) is 3.80. The van der Waals surface area contributed by atoms with Gasteiger partial charge in [-0.15, -0.1) is 0 Å². The summed E-state index contributed by atoms with van der Waals surface area (Å²) in [5.74, 6) is 0.337. The minimum atomic E-state index is -0.107. The molecule has 0 saturated carbocycles. The molecule has 2 rings (SSSR count). The minimum absolute atomic E-state index is 0.107. The summed E-state index contributed by atoms with van der Waals surface area (Å²) in [6, 6.07) is 7.77. The number of rotatable bonds is 7. The second-order valence-electron chi connectivity index (χ2n) is 5.43. The lowest BCUT2D eigenvalue weighted by Gasteiger charge is -2.15. The Hall–Kier alpha value is -1.88. The maximum absolute atomic E-state index is 12.4. The molecule has 1 aromatic heterocycles. The first-order valence-electron chi connectivity index (χ1n) is 7.57. The van der Waals surface area contributed by atoms with Gasteiger partial charge in [-0.05, 0) is 31.4 Å². The van der Waals surface area contributed by atoms with E-state index in [2.05, 4.69) is 17.3 Å². The first-order valence-corrected chi connectivity index (χ1v) is 7.57. The Morgan fingerprint density at radius 1 is 1.38 bits per heavy atom. The maximum atomic E-state index is 12.4. The summed E-state index contributed by atoms with van der Waals surface area (Å²) < 4.78 is 1.74. The zero-order valence-electron chi connectivity index (χ0n) is 12.8. The molecule has 0 fully saturated rings. The van der Waals surface area contributed by atoms with Crippen molar-refractivity contribution in [1.82, 2.24) is 15.1 Å². The Morgan fingerprint density at radius 3 is 2.86 bits per heavy atom. The fraction of sp³-hybridized carbons (Fsp3) is 0.500. The van der Waals surface area contributed by atoms with E-state index < -0.39 is 0 Å². The number of amides is 1. The van der Waals surface area contributed by atoms with Gasteiger partial charge in [0.05, 0.1) is 5.52 Å². The Morgan fingerprint density at radius 2 is 2.14 bits per heavy atom. The molecule has 5 heteroatoms. The van der Waals surface area contributed by atoms with Crippen LogP contribution in [0.4, 0.5) is 0 Å². The van der Waals surface area contributed by atoms with Gasteiger partial charge in [0.1, 0.15) is 0 Å². The van der Waals surface area contributed by atoms with Gasteiger partial charge in [0.2, 0.25) is 0 Å². The molecule has 1 atom stereocenters. The predicted octanol–water partition coefficient (Wildman–Crippen LogP) is 2.07. The van der Waals surface area contributed by atoms with E-state index in [0.29, 0.717) is 24.7 Å². The SMILES string of the molecule is CCCC(CCN)CNC(=O)c1nn(C)c2ccccc12. The molecule has 0 aliphatic rings. The van der Waals surface area contributed by atoms with Gasteiger partial charge in [-0.25, -0.2) is 0 Å². The van der Waals surface area contributed by atoms with Crippen LogP contribution in [-0.4, -0.2) is 28.8 Å². The van der Waals surface area contributed by atoms with Crippen LogP contribution < -0.4 is 11.1 Å². The van der Waals surface area contributed by atoms with Crippen LogP contribution >= 0.6 is 0 Å². The standard InChI is InChI=1S/C16H24N4O/c1-3-6-12(9-10-17)11-18-16(21)15-13-7-4-5-8-14(13)20(2)19-15/h4-5,7-8,12H,3,6,9-11,17H2,1-2H3,(H,18,21). The van der Waals surface area contributed by atoms with Crippen molar-refractivity contribution in [3.05, 3.63) is 30.0 Å². The Balaban J connectivity index is 2.08. The highest BCUT2D eigenvalue weighted by Gasteiger charge is 2.16. The molecule has 0 aliphatic carbocycles. The fourth-order valence-corrected chi connectivity index (χ4v) is 2.69. The summed E-state index contributed by atoms with van der Waals surface area (Å²) in [4.78, 5) is 12.4. The van der Waals surface area contributed by atoms with Crippen molar-refractivity contribution in [1.29, 1.82) is 0 Å². The highest BCUT2D eigenvalue weighted by Crippen LogP contribution is 2.17. The predicted molar refractivity (Wildman–Crippen MR) is 85.1 cm³/mol. The van der Waals surface area contributed by atoms with E-state index in [1.807, 2.05) is 31.3 Å². The van der Waals surface area contributed by atoms with E-state index in [9.17, 15) is 4.79 Å². The number of nitrogens with one attached hydrogen (secondary N) is 1. The quantitative estimate of drug-likeness (QED) is 0.819. The number of nitrogens with two attached hydrogens (primary N) is 1. The zero-order chi connectivity index (χ0) is 15.2. The third-order valence-electron chi connectivity index (χ3n) is 3.80. The number of hydrogen-bond donors (Lipinski definition) is 2. The lowest BCUT2D eigenvalue weighted by Crippen LogP contribution is -2.30. The molecule has 0 spiro atoms. The Bertz CT molecular complexity index is 599. The summed E-state index contributed by atoms with van der Waals surface area (Å²) in [5.41, 5.74) is 7.09. The topological polar surface area (TPSA) is 72.9 Å². The van der Waals surface area contributed by atoms with Gasteiger partial charge in [-0.1, -0.05) is 31.5 Å². The number of hydrogen-bond acceptors (Lipinski definition) is 3. The second kappa shape index (κ2) is 7.22. The normalized spacial score (nSPS) is 12.5. The molecule has 1 heterocycles. The number of aromatic nitrogens is 2. The molecule has 0 radical (unpaired) electrons. The van der Waals surface area contributed by atoms with Crippen molar-refractivity contribution in [3.63, 3.8) is 0 Å². The van der Waals surface area contributed by atoms with Crippen LogP contribution in [0.2, 0.25) is 0 Å². The van der Waals surface area contributed by atoms with Gasteiger partial charge >= 0.3 is 0 Å². The lowest BCUT2D eigenvalue weighted by atomic mass is 10.00. The van der Waals surface area contributed by atoms with Crippen molar-refractivity contribution >= 4 is 16.8 Å². The average molecular weight is 288 g/mol. The highest BCUT2D eigenvalue weighted by molar-refractivity contribution is 6.04. The van der Waals surface area contributed by atoms with Crippen molar-refractivity contribution in [2.24, 2.45) is 18.7 Å². The molecule has 0 bridgehead atoms. The highest BCUT2D eigenvalue weighted by atomic mass is 16.1. The van der Waals surface area contributed by atoms with Crippen molar-refractivity contribution < 1.29 is 4.79 Å². The van der Waals surface area contributed by atoms with E-state index >= 15 is 0 Å². The molecular weight excluding hydrogens is 264 g/mol. The van der Waals surface area contributed by atoms with Crippen LogP contribution in [0.15, 0.2) is 24.3 Å². The summed E-state index contributed by atoms with van der Waals surface area (Å²) in [7, 11) is 1.85. The van der Waals surface area contributed by atoms with E-state index in [1.54, 1.807) is 4.68 Å². The van der Waals surface area contributed by atoms with Crippen LogP contribution in [-0.2, 0) is 7.05 Å². The number of nitrogens with zero attached hydrogens (tertiary/aromatic N) is 2. The average Bonchev–Trinajstić information content (AvgIpc) is 2.83. The smallest absolute Gasteiger partial charge is 0.272 e. The van der Waals surface area contributed by atoms with Crippen LogP contribution in [0.5, 0.6) is 0 Å². The van der Waals surface area contributed by atoms with Crippen molar-refractivity contribution in [2.45, 2.75) is 26.2 Å². The summed E-state index contributed by atoms with van der Waals surface area (Å²) in [6.07, 6.45) is 3.13. The fourth-order valence-electron chi connectivity index (χ4n) is 2.69. The third kappa shape index (κ3) is 3.61. The van der Waals surface area contributed by atoms with E-state index in [1.165, 1.54) is 0 Å². The molecule has 1 amide bonds.